The standard InChI is InChI=1S/C12H18N2O2/c1-2-3-9-4-6-10(7-5-9)16-8-11(13)12(14)15/h4-7,11H,2-3,8,13H2,1H3,(H2,14,15). The van der Waals surface area contributed by atoms with Gasteiger partial charge in [-0.05, 0) is 24.1 Å². The highest BCUT2D eigenvalue weighted by Crippen LogP contribution is 2.13. The van der Waals surface area contributed by atoms with Gasteiger partial charge in [-0.25, -0.2) is 0 Å². The summed E-state index contributed by atoms with van der Waals surface area (Å²) in [5.41, 5.74) is 11.7. The predicted molar refractivity (Wildman–Crippen MR) is 63.1 cm³/mol. The van der Waals surface area contributed by atoms with Crippen LogP contribution in [0, 0.1) is 0 Å². The summed E-state index contributed by atoms with van der Waals surface area (Å²) >= 11 is 0. The van der Waals surface area contributed by atoms with Gasteiger partial charge < -0.3 is 16.2 Å². The van der Waals surface area contributed by atoms with E-state index in [0.29, 0.717) is 5.75 Å². The minimum Gasteiger partial charge on any atom is -0.491 e. The van der Waals surface area contributed by atoms with Crippen LogP contribution in [0.4, 0.5) is 0 Å². The first-order chi connectivity index (χ1) is 7.63. The Balaban J connectivity index is 2.46. The highest BCUT2D eigenvalue weighted by Gasteiger charge is 2.09. The molecule has 0 aliphatic carbocycles. The second kappa shape index (κ2) is 6.12. The number of hydrogen-bond acceptors (Lipinski definition) is 3. The molecular formula is C12H18N2O2. The van der Waals surface area contributed by atoms with Crippen LogP contribution in [0.1, 0.15) is 18.9 Å². The van der Waals surface area contributed by atoms with E-state index in [4.69, 9.17) is 16.2 Å². The highest BCUT2D eigenvalue weighted by molar-refractivity contribution is 5.79. The van der Waals surface area contributed by atoms with E-state index in [9.17, 15) is 4.79 Å². The zero-order valence-corrected chi connectivity index (χ0v) is 9.48. The van der Waals surface area contributed by atoms with E-state index in [-0.39, 0.29) is 6.61 Å². The number of carbonyl (C=O) groups excluding carboxylic acids is 1. The molecule has 1 atom stereocenters. The molecule has 0 fully saturated rings. The fourth-order valence-corrected chi connectivity index (χ4v) is 1.31. The third kappa shape index (κ3) is 3.90. The van der Waals surface area contributed by atoms with Crippen LogP contribution in [-0.4, -0.2) is 18.6 Å². The topological polar surface area (TPSA) is 78.3 Å². The van der Waals surface area contributed by atoms with Crippen LogP contribution in [0.25, 0.3) is 0 Å². The maximum absolute atomic E-state index is 10.7. The van der Waals surface area contributed by atoms with Crippen LogP contribution >= 0.6 is 0 Å². The van der Waals surface area contributed by atoms with Crippen molar-refractivity contribution in [3.63, 3.8) is 0 Å². The van der Waals surface area contributed by atoms with Gasteiger partial charge in [-0.1, -0.05) is 25.5 Å². The molecule has 88 valence electrons. The van der Waals surface area contributed by atoms with Crippen molar-refractivity contribution in [2.24, 2.45) is 11.5 Å². The van der Waals surface area contributed by atoms with Gasteiger partial charge in [-0.2, -0.15) is 0 Å². The lowest BCUT2D eigenvalue weighted by Crippen LogP contribution is -2.41. The van der Waals surface area contributed by atoms with Crippen molar-refractivity contribution in [1.82, 2.24) is 0 Å². The molecule has 0 aromatic heterocycles. The fourth-order valence-electron chi connectivity index (χ4n) is 1.31. The Morgan fingerprint density at radius 2 is 2.00 bits per heavy atom. The van der Waals surface area contributed by atoms with Gasteiger partial charge in [0.2, 0.25) is 5.91 Å². The van der Waals surface area contributed by atoms with Crippen LogP contribution in [0.3, 0.4) is 0 Å². The number of ether oxygens (including phenoxy) is 1. The summed E-state index contributed by atoms with van der Waals surface area (Å²) in [6.45, 7) is 2.25. The first-order valence-corrected chi connectivity index (χ1v) is 5.40. The van der Waals surface area contributed by atoms with Crippen molar-refractivity contribution in [3.05, 3.63) is 29.8 Å². The van der Waals surface area contributed by atoms with Crippen molar-refractivity contribution >= 4 is 5.91 Å². The first-order valence-electron chi connectivity index (χ1n) is 5.40. The summed E-state index contributed by atoms with van der Waals surface area (Å²) in [4.78, 5) is 10.7. The number of primary amides is 1. The lowest BCUT2D eigenvalue weighted by molar-refractivity contribution is -0.119. The summed E-state index contributed by atoms with van der Waals surface area (Å²) in [6.07, 6.45) is 2.17. The maximum atomic E-state index is 10.7. The predicted octanol–water partition coefficient (Wildman–Crippen LogP) is 0.831. The molecule has 0 saturated carbocycles. The van der Waals surface area contributed by atoms with Gasteiger partial charge in [0, 0.05) is 0 Å². The van der Waals surface area contributed by atoms with Crippen LogP contribution < -0.4 is 16.2 Å². The monoisotopic (exact) mass is 222 g/mol. The second-order valence-electron chi connectivity index (χ2n) is 3.71. The second-order valence-corrected chi connectivity index (χ2v) is 3.71. The van der Waals surface area contributed by atoms with Crippen LogP contribution in [0.2, 0.25) is 0 Å². The fraction of sp³-hybridized carbons (Fsp3) is 0.417. The summed E-state index contributed by atoms with van der Waals surface area (Å²) in [5, 5.41) is 0. The van der Waals surface area contributed by atoms with Gasteiger partial charge in [0.1, 0.15) is 18.4 Å². The van der Waals surface area contributed by atoms with Crippen LogP contribution in [-0.2, 0) is 11.2 Å². The molecule has 1 unspecified atom stereocenters. The zero-order valence-electron chi connectivity index (χ0n) is 9.48. The van der Waals surface area contributed by atoms with Crippen LogP contribution in [0.5, 0.6) is 5.75 Å². The van der Waals surface area contributed by atoms with E-state index < -0.39 is 11.9 Å². The quantitative estimate of drug-likeness (QED) is 0.748. The Morgan fingerprint density at radius 1 is 1.38 bits per heavy atom. The summed E-state index contributed by atoms with van der Waals surface area (Å²) < 4.78 is 5.34. The van der Waals surface area contributed by atoms with E-state index in [2.05, 4.69) is 6.92 Å². The molecule has 0 heterocycles. The number of aryl methyl sites for hydroxylation is 1. The molecule has 1 aromatic rings. The van der Waals surface area contributed by atoms with E-state index >= 15 is 0 Å². The average molecular weight is 222 g/mol. The van der Waals surface area contributed by atoms with Gasteiger partial charge in [0.05, 0.1) is 0 Å². The van der Waals surface area contributed by atoms with Gasteiger partial charge >= 0.3 is 0 Å². The van der Waals surface area contributed by atoms with E-state index in [0.717, 1.165) is 12.8 Å². The molecular weight excluding hydrogens is 204 g/mol. The highest BCUT2D eigenvalue weighted by atomic mass is 16.5. The van der Waals surface area contributed by atoms with Gasteiger partial charge in [0.25, 0.3) is 0 Å². The molecule has 1 amide bonds. The van der Waals surface area contributed by atoms with Crippen LogP contribution in [0.15, 0.2) is 24.3 Å². The molecule has 0 aliphatic heterocycles. The molecule has 0 radical (unpaired) electrons. The molecule has 4 N–H and O–H groups in total. The van der Waals surface area contributed by atoms with Crippen molar-refractivity contribution in [2.75, 3.05) is 6.61 Å². The molecule has 0 bridgehead atoms. The Morgan fingerprint density at radius 3 is 2.50 bits per heavy atom. The minimum absolute atomic E-state index is 0.114. The Kier molecular flexibility index (Phi) is 4.79. The van der Waals surface area contributed by atoms with E-state index in [1.54, 1.807) is 0 Å². The van der Waals surface area contributed by atoms with Gasteiger partial charge in [-0.15, -0.1) is 0 Å². The molecule has 1 aromatic carbocycles. The normalized spacial score (nSPS) is 12.1. The van der Waals surface area contributed by atoms with Crippen molar-refractivity contribution in [2.45, 2.75) is 25.8 Å². The Bertz CT molecular complexity index is 335. The SMILES string of the molecule is CCCc1ccc(OCC(N)C(N)=O)cc1. The molecule has 16 heavy (non-hydrogen) atoms. The van der Waals surface area contributed by atoms with E-state index in [1.807, 2.05) is 24.3 Å². The van der Waals surface area contributed by atoms with Gasteiger partial charge in [-0.3, -0.25) is 4.79 Å². The van der Waals surface area contributed by atoms with Crippen molar-refractivity contribution in [3.8, 4) is 5.75 Å². The molecule has 0 spiro atoms. The summed E-state index contributed by atoms with van der Waals surface area (Å²) in [6, 6.07) is 7.01. The molecule has 1 rings (SSSR count). The van der Waals surface area contributed by atoms with Gasteiger partial charge in [0.15, 0.2) is 0 Å². The first kappa shape index (κ1) is 12.5. The number of carbonyl (C=O) groups is 1. The number of amides is 1. The molecule has 0 aliphatic rings. The number of hydrogen-bond donors (Lipinski definition) is 2. The summed E-state index contributed by atoms with van der Waals surface area (Å²) in [7, 11) is 0. The van der Waals surface area contributed by atoms with E-state index in [1.165, 1.54) is 5.56 Å². The lowest BCUT2D eigenvalue weighted by atomic mass is 10.1. The largest absolute Gasteiger partial charge is 0.491 e. The Labute approximate surface area is 95.6 Å². The zero-order chi connectivity index (χ0) is 12.0. The number of benzene rings is 1. The average Bonchev–Trinajstić information content (AvgIpc) is 2.28. The van der Waals surface area contributed by atoms with Crippen molar-refractivity contribution < 1.29 is 9.53 Å². The molecule has 4 nitrogen and oxygen atoms in total. The summed E-state index contributed by atoms with van der Waals surface area (Å²) in [5.74, 6) is 0.152. The minimum atomic E-state index is -0.754. The smallest absolute Gasteiger partial charge is 0.237 e. The molecule has 4 heteroatoms. The third-order valence-corrected chi connectivity index (χ3v) is 2.26. The molecule has 0 saturated heterocycles. The maximum Gasteiger partial charge on any atom is 0.237 e. The number of nitrogens with two attached hydrogens (primary N) is 2. The lowest BCUT2D eigenvalue weighted by Gasteiger charge is -2.10. The Hall–Kier alpha value is -1.55. The van der Waals surface area contributed by atoms with Crippen molar-refractivity contribution in [1.29, 1.82) is 0 Å². The third-order valence-electron chi connectivity index (χ3n) is 2.26. The number of rotatable bonds is 6.